The van der Waals surface area contributed by atoms with Crippen LogP contribution in [0.1, 0.15) is 0 Å². The van der Waals surface area contributed by atoms with Gasteiger partial charge in [0.15, 0.2) is 46.1 Å². The maximum atomic E-state index is 7.16. The Morgan fingerprint density at radius 2 is 0.677 bits per heavy atom. The number of rotatable bonds is 10. The van der Waals surface area contributed by atoms with E-state index in [-0.39, 0.29) is 0 Å². The zero-order valence-corrected chi connectivity index (χ0v) is 70.3. The van der Waals surface area contributed by atoms with Crippen LogP contribution >= 0.6 is 11.3 Å². The zero-order chi connectivity index (χ0) is 85.2. The largest absolute Gasteiger partial charge is 0.456 e. The molecule has 8 heterocycles. The van der Waals surface area contributed by atoms with E-state index < -0.39 is 0 Å². The van der Waals surface area contributed by atoms with Crippen LogP contribution in [0.15, 0.2) is 426 Å². The summed E-state index contributed by atoms with van der Waals surface area (Å²) < 4.78 is 27.7. The summed E-state index contributed by atoms with van der Waals surface area (Å²) in [6.07, 6.45) is 0. The van der Waals surface area contributed by atoms with Crippen molar-refractivity contribution in [2.75, 3.05) is 0 Å². The van der Waals surface area contributed by atoms with Crippen LogP contribution < -0.4 is 0 Å². The molecule has 0 aliphatic rings. The molecule has 0 saturated carbocycles. The number of nitrogens with zero attached hydrogens (tertiary/aromatic N) is 8. The molecule has 11 nitrogen and oxygen atoms in total. The Hall–Kier alpha value is -17.3. The number of furan rings is 3. The lowest BCUT2D eigenvalue weighted by Crippen LogP contribution is -2.03. The van der Waals surface area contributed by atoms with E-state index in [1.54, 1.807) is 11.3 Å². The van der Waals surface area contributed by atoms with Crippen molar-refractivity contribution in [3.05, 3.63) is 413 Å². The standard InChI is InChI=1S/C59H34N4O2.C59H34N4OS/c1-2-13-35(14-3-1)37-18-12-19-40(31-37)57-60-58(41-25-27-44-43-21-8-10-23-51(43)64-53(44)34-41)62-59(61-57)46-28-30-49(56-55(46)45-22-9-11-24-52(45)65-56)63-48-29-26-36-15-6-7-20-42(36)54(48)47-32-38-16-4-5-17-39(38)33-50(47)63;1-2-16-35(17-3-1)36-20-14-21-39(32-36)57-60-58(46-28-15-27-44-41-23-10-13-31-51(41)65-56(44)46)62-59(61-57)53-42-24-6-7-25-43(42)54(55-52(53)45-26-9-12-30-50(45)64-55)63-48-29-11-8-22-40(48)47-33-37-18-4-5-19-38(37)34-49(47)63/h2*1-34H. The SMILES string of the molecule is c1ccc(-c2cccc(-c3nc(-c4ccc5c(c4)oc4ccccc45)nc(-c4ccc(-n5c6cc7ccccc7cc6c6c7ccccc7ccc65)c5oc6ccccc6c45)n3)c2)cc1.c1ccc(-c2cccc(-c3nc(-c4cccc5c4sc4ccccc45)nc(-c4c5ccccc5c(-n5c6ccccc6c6cc7ccccc7cc65)c5oc6ccccc6c45)n3)c2)cc1. The molecule has 0 fully saturated rings. The molecule has 604 valence electrons. The summed E-state index contributed by atoms with van der Waals surface area (Å²) in [5.74, 6) is 3.46. The van der Waals surface area contributed by atoms with E-state index in [2.05, 4.69) is 367 Å². The molecule has 0 unspecified atom stereocenters. The van der Waals surface area contributed by atoms with Crippen molar-refractivity contribution < 1.29 is 13.3 Å². The lowest BCUT2D eigenvalue weighted by atomic mass is 9.95. The van der Waals surface area contributed by atoms with Gasteiger partial charge < -0.3 is 22.4 Å². The van der Waals surface area contributed by atoms with Gasteiger partial charge in [-0.1, -0.05) is 309 Å². The van der Waals surface area contributed by atoms with Gasteiger partial charge in [0, 0.05) is 113 Å². The van der Waals surface area contributed by atoms with Crippen LogP contribution in [0.3, 0.4) is 0 Å². The molecule has 8 aromatic heterocycles. The molecule has 28 aromatic rings. The Balaban J connectivity index is 0.000000134. The minimum atomic E-state index is 0.544. The second kappa shape index (κ2) is 29.1. The van der Waals surface area contributed by atoms with E-state index in [4.69, 9.17) is 43.2 Å². The van der Waals surface area contributed by atoms with Crippen LogP contribution in [0.25, 0.3) is 275 Å². The Morgan fingerprint density at radius 3 is 1.36 bits per heavy atom. The third-order valence-corrected chi connectivity index (χ3v) is 27.2. The molecule has 0 aliphatic heterocycles. The summed E-state index contributed by atoms with van der Waals surface area (Å²) in [5, 5.41) is 22.4. The first kappa shape index (κ1) is 73.1. The first-order chi connectivity index (χ1) is 64.4. The number of aromatic nitrogens is 8. The Bertz CT molecular complexity index is 9620. The van der Waals surface area contributed by atoms with Gasteiger partial charge >= 0.3 is 0 Å². The zero-order valence-electron chi connectivity index (χ0n) is 69.5. The lowest BCUT2D eigenvalue weighted by Gasteiger charge is -2.17. The summed E-state index contributed by atoms with van der Waals surface area (Å²) >= 11 is 1.78. The normalized spacial score (nSPS) is 12.0. The first-order valence-electron chi connectivity index (χ1n) is 43.7. The quantitative estimate of drug-likeness (QED) is 0.131. The monoisotopic (exact) mass is 1680 g/mol. The number of para-hydroxylation sites is 4. The molecule has 28 rings (SSSR count). The number of benzene rings is 20. The molecule has 20 aromatic carbocycles. The van der Waals surface area contributed by atoms with Crippen molar-refractivity contribution in [1.29, 1.82) is 0 Å². The van der Waals surface area contributed by atoms with Crippen LogP contribution in [0, 0.1) is 0 Å². The van der Waals surface area contributed by atoms with E-state index in [1.807, 2.05) is 54.6 Å². The van der Waals surface area contributed by atoms with Crippen molar-refractivity contribution in [3.8, 4) is 102 Å². The van der Waals surface area contributed by atoms with Gasteiger partial charge in [-0.3, -0.25) is 0 Å². The molecule has 0 amide bonds. The molecule has 0 N–H and O–H groups in total. The van der Waals surface area contributed by atoms with E-state index in [0.29, 0.717) is 34.9 Å². The average Bonchev–Trinajstić information content (AvgIpc) is 1.53. The van der Waals surface area contributed by atoms with E-state index >= 15 is 0 Å². The van der Waals surface area contributed by atoms with Crippen molar-refractivity contribution >= 4 is 184 Å². The van der Waals surface area contributed by atoms with E-state index in [9.17, 15) is 0 Å². The van der Waals surface area contributed by atoms with Crippen molar-refractivity contribution in [3.63, 3.8) is 0 Å². The number of hydrogen-bond acceptors (Lipinski definition) is 10. The smallest absolute Gasteiger partial charge is 0.165 e. The molecule has 0 spiro atoms. The average molecular weight is 1680 g/mol. The summed E-state index contributed by atoms with van der Waals surface area (Å²) in [5.41, 5.74) is 20.8. The van der Waals surface area contributed by atoms with Gasteiger partial charge in [0.25, 0.3) is 0 Å². The van der Waals surface area contributed by atoms with Crippen LogP contribution in [0.5, 0.6) is 0 Å². The highest BCUT2D eigenvalue weighted by molar-refractivity contribution is 7.26. The van der Waals surface area contributed by atoms with Crippen molar-refractivity contribution in [1.82, 2.24) is 39.0 Å². The maximum Gasteiger partial charge on any atom is 0.165 e. The number of hydrogen-bond donors (Lipinski definition) is 0. The maximum absolute atomic E-state index is 7.16. The predicted octanol–water partition coefficient (Wildman–Crippen LogP) is 32.0. The minimum Gasteiger partial charge on any atom is -0.456 e. The molecule has 0 aliphatic carbocycles. The van der Waals surface area contributed by atoms with Crippen LogP contribution in [0.2, 0.25) is 0 Å². The summed E-state index contributed by atoms with van der Waals surface area (Å²) in [6.45, 7) is 0. The summed E-state index contributed by atoms with van der Waals surface area (Å²) in [4.78, 5) is 32.3. The molecular formula is C118H68N8O3S. The van der Waals surface area contributed by atoms with Crippen molar-refractivity contribution in [2.24, 2.45) is 0 Å². The first-order valence-corrected chi connectivity index (χ1v) is 44.5. The topological polar surface area (TPSA) is 127 Å². The van der Waals surface area contributed by atoms with Crippen LogP contribution in [0.4, 0.5) is 0 Å². The lowest BCUT2D eigenvalue weighted by molar-refractivity contribution is 0.666. The van der Waals surface area contributed by atoms with Gasteiger partial charge in [0.05, 0.1) is 33.4 Å². The minimum absolute atomic E-state index is 0.544. The molecule has 0 saturated heterocycles. The number of fused-ring (bicyclic) bond motifs is 23. The van der Waals surface area contributed by atoms with Crippen LogP contribution in [-0.4, -0.2) is 39.0 Å². The summed E-state index contributed by atoms with van der Waals surface area (Å²) in [7, 11) is 0. The highest BCUT2D eigenvalue weighted by atomic mass is 32.1. The summed E-state index contributed by atoms with van der Waals surface area (Å²) in [6, 6.07) is 145. The molecule has 0 bridgehead atoms. The van der Waals surface area contributed by atoms with E-state index in [1.165, 1.54) is 69.3 Å². The highest BCUT2D eigenvalue weighted by Gasteiger charge is 2.30. The Morgan fingerprint density at radius 1 is 0.208 bits per heavy atom. The van der Waals surface area contributed by atoms with Gasteiger partial charge in [-0.15, -0.1) is 11.3 Å². The fourth-order valence-corrected chi connectivity index (χ4v) is 21.3. The van der Waals surface area contributed by atoms with Crippen LogP contribution in [-0.2, 0) is 0 Å². The highest BCUT2D eigenvalue weighted by Crippen LogP contribution is 2.51. The fourth-order valence-electron chi connectivity index (χ4n) is 20.1. The number of thiophene rings is 1. The van der Waals surface area contributed by atoms with E-state index in [0.717, 1.165) is 170 Å². The van der Waals surface area contributed by atoms with Crippen molar-refractivity contribution in [2.45, 2.75) is 0 Å². The molecular weight excluding hydrogens is 1610 g/mol. The van der Waals surface area contributed by atoms with Gasteiger partial charge in [-0.25, -0.2) is 29.9 Å². The molecule has 130 heavy (non-hydrogen) atoms. The fraction of sp³-hybridized carbons (Fsp3) is 0. The predicted molar refractivity (Wildman–Crippen MR) is 537 cm³/mol. The molecule has 0 atom stereocenters. The van der Waals surface area contributed by atoms with Gasteiger partial charge in [0.2, 0.25) is 0 Å². The second-order valence-electron chi connectivity index (χ2n) is 33.4. The van der Waals surface area contributed by atoms with Gasteiger partial charge in [0.1, 0.15) is 22.3 Å². The third-order valence-electron chi connectivity index (χ3n) is 26.0. The Kier molecular flexibility index (Phi) is 16.4. The third kappa shape index (κ3) is 11.6. The molecule has 0 radical (unpaired) electrons. The Labute approximate surface area is 745 Å². The van der Waals surface area contributed by atoms with Gasteiger partial charge in [-0.05, 0) is 163 Å². The van der Waals surface area contributed by atoms with Gasteiger partial charge in [-0.2, -0.15) is 0 Å². The molecule has 12 heteroatoms. The second-order valence-corrected chi connectivity index (χ2v) is 34.5.